The van der Waals surface area contributed by atoms with E-state index in [9.17, 15) is 9.59 Å². The van der Waals surface area contributed by atoms with Crippen LogP contribution in [0, 0.1) is 0 Å². The molecule has 0 radical (unpaired) electrons. The maximum absolute atomic E-state index is 11.3. The van der Waals surface area contributed by atoms with E-state index in [0.29, 0.717) is 11.4 Å². The number of benzene rings is 4. The van der Waals surface area contributed by atoms with E-state index in [-0.39, 0.29) is 0 Å². The molecule has 0 heterocycles. The highest BCUT2D eigenvalue weighted by Crippen LogP contribution is 2.28. The topological polar surface area (TPSA) is 59.1 Å². The summed E-state index contributed by atoms with van der Waals surface area (Å²) in [4.78, 5) is 26.4. The van der Waals surface area contributed by atoms with Gasteiger partial charge < -0.3 is 19.3 Å². The van der Waals surface area contributed by atoms with Crippen molar-refractivity contribution in [2.75, 3.05) is 38.1 Å². The van der Waals surface area contributed by atoms with Crippen LogP contribution in [0.15, 0.2) is 145 Å². The van der Waals surface area contributed by atoms with E-state index in [1.165, 1.54) is 0 Å². The van der Waals surface area contributed by atoms with Gasteiger partial charge in [-0.15, -0.1) is 0 Å². The molecule has 6 heteroatoms. The van der Waals surface area contributed by atoms with E-state index in [1.54, 1.807) is 14.2 Å². The predicted octanol–water partition coefficient (Wildman–Crippen LogP) is 10.7. The van der Waals surface area contributed by atoms with Crippen molar-refractivity contribution in [3.63, 3.8) is 0 Å². The van der Waals surface area contributed by atoms with Crippen LogP contribution in [-0.2, 0) is 9.59 Å². The zero-order chi connectivity index (χ0) is 36.7. The van der Waals surface area contributed by atoms with Crippen molar-refractivity contribution in [1.29, 1.82) is 0 Å². The molecule has 4 aromatic rings. The van der Waals surface area contributed by atoms with Crippen LogP contribution in [0.3, 0.4) is 0 Å². The minimum atomic E-state index is 0.619. The number of methoxy groups -OCH3 is 2. The Morgan fingerprint density at radius 3 is 1.22 bits per heavy atom. The molecular weight excluding hydrogens is 620 g/mol. The summed E-state index contributed by atoms with van der Waals surface area (Å²) in [5.41, 5.74) is 7.57. The highest BCUT2D eigenvalue weighted by Gasteiger charge is 2.08. The SMILES string of the molecule is CC.CC/C=C\C=C(/C=O)N(C)c1ccc(-c2cccc(OC)c2)cc1.CC/C=C\C=C(/C=O)N(C)c1ccc(-c2cccc(OC)c2)cc1. The molecule has 0 fully saturated rings. The van der Waals surface area contributed by atoms with E-state index in [1.807, 2.05) is 171 Å². The molecule has 0 aliphatic carbocycles. The lowest BCUT2D eigenvalue weighted by Crippen LogP contribution is -2.17. The van der Waals surface area contributed by atoms with Crippen molar-refractivity contribution in [1.82, 2.24) is 0 Å². The van der Waals surface area contributed by atoms with Crippen LogP contribution in [0.5, 0.6) is 11.5 Å². The Morgan fingerprint density at radius 2 is 0.920 bits per heavy atom. The number of hydrogen-bond acceptors (Lipinski definition) is 6. The smallest absolute Gasteiger partial charge is 0.166 e. The first-order valence-corrected chi connectivity index (χ1v) is 17.0. The van der Waals surface area contributed by atoms with E-state index in [4.69, 9.17) is 9.47 Å². The van der Waals surface area contributed by atoms with Gasteiger partial charge in [-0.05, 0) is 95.8 Å². The number of ether oxygens (including phenoxy) is 2. The highest BCUT2D eigenvalue weighted by atomic mass is 16.5. The molecule has 0 N–H and O–H groups in total. The molecule has 4 aromatic carbocycles. The molecule has 50 heavy (non-hydrogen) atoms. The largest absolute Gasteiger partial charge is 0.497 e. The van der Waals surface area contributed by atoms with Gasteiger partial charge in [0, 0.05) is 25.5 Å². The summed E-state index contributed by atoms with van der Waals surface area (Å²) in [5, 5.41) is 0. The summed E-state index contributed by atoms with van der Waals surface area (Å²) in [5.74, 6) is 1.67. The van der Waals surface area contributed by atoms with Gasteiger partial charge in [0.1, 0.15) is 11.5 Å². The molecular formula is C44H52N2O4. The van der Waals surface area contributed by atoms with E-state index < -0.39 is 0 Å². The van der Waals surface area contributed by atoms with Crippen molar-refractivity contribution in [2.45, 2.75) is 40.5 Å². The van der Waals surface area contributed by atoms with E-state index in [2.05, 4.69) is 13.8 Å². The monoisotopic (exact) mass is 672 g/mol. The quantitative estimate of drug-likeness (QED) is 0.0755. The Bertz CT molecular complexity index is 1590. The van der Waals surface area contributed by atoms with Crippen molar-refractivity contribution in [3.05, 3.63) is 145 Å². The zero-order valence-electron chi connectivity index (χ0n) is 30.8. The van der Waals surface area contributed by atoms with Gasteiger partial charge >= 0.3 is 0 Å². The van der Waals surface area contributed by atoms with Crippen molar-refractivity contribution in [3.8, 4) is 33.8 Å². The normalized spacial score (nSPS) is 11.2. The fourth-order valence-electron chi connectivity index (χ4n) is 4.72. The molecule has 0 aliphatic rings. The van der Waals surface area contributed by atoms with Crippen LogP contribution in [0.1, 0.15) is 40.5 Å². The second kappa shape index (κ2) is 22.9. The Morgan fingerprint density at radius 1 is 0.560 bits per heavy atom. The lowest BCUT2D eigenvalue weighted by molar-refractivity contribution is -0.105. The lowest BCUT2D eigenvalue weighted by Gasteiger charge is -2.19. The number of aldehydes is 2. The minimum absolute atomic E-state index is 0.619. The molecule has 4 rings (SSSR count). The van der Waals surface area contributed by atoms with Gasteiger partial charge in [0.25, 0.3) is 0 Å². The summed E-state index contributed by atoms with van der Waals surface area (Å²) in [6, 6.07) is 32.1. The van der Waals surface area contributed by atoms with Gasteiger partial charge in [0.15, 0.2) is 12.6 Å². The third-order valence-electron chi connectivity index (χ3n) is 7.61. The summed E-state index contributed by atoms with van der Waals surface area (Å²) >= 11 is 0. The van der Waals surface area contributed by atoms with Gasteiger partial charge in [0.2, 0.25) is 0 Å². The van der Waals surface area contributed by atoms with Gasteiger partial charge in [-0.25, -0.2) is 0 Å². The standard InChI is InChI=1S/2C21H23NO2.C2H6/c2*1-4-5-6-9-20(16-23)22(2)19-13-11-17(12-14-19)18-8-7-10-21(15-18)24-3;1-2/h2*5-16H,4H2,1-3H3;1-2H3/b2*6-5-,20-9+;. The van der Waals surface area contributed by atoms with Crippen LogP contribution in [0.2, 0.25) is 0 Å². The van der Waals surface area contributed by atoms with Crippen LogP contribution < -0.4 is 19.3 Å². The second-order valence-corrected chi connectivity index (χ2v) is 10.8. The molecule has 0 aliphatic heterocycles. The Balaban J connectivity index is 0.000000330. The van der Waals surface area contributed by atoms with Crippen LogP contribution >= 0.6 is 0 Å². The Kier molecular flexibility index (Phi) is 18.5. The van der Waals surface area contributed by atoms with E-state index >= 15 is 0 Å². The molecule has 0 amide bonds. The number of carbonyl (C=O) groups is 2. The molecule has 0 spiro atoms. The maximum atomic E-state index is 11.3. The van der Waals surface area contributed by atoms with Gasteiger partial charge in [-0.3, -0.25) is 9.59 Å². The summed E-state index contributed by atoms with van der Waals surface area (Å²) in [7, 11) is 7.11. The first kappa shape index (κ1) is 40.6. The molecule has 6 nitrogen and oxygen atoms in total. The van der Waals surface area contributed by atoms with Gasteiger partial charge in [-0.2, -0.15) is 0 Å². The average Bonchev–Trinajstić information content (AvgIpc) is 3.19. The van der Waals surface area contributed by atoms with Gasteiger partial charge in [0.05, 0.1) is 25.6 Å². The van der Waals surface area contributed by atoms with Crippen LogP contribution in [0.25, 0.3) is 22.3 Å². The number of rotatable bonds is 14. The van der Waals surface area contributed by atoms with Crippen molar-refractivity contribution < 1.29 is 19.1 Å². The fourth-order valence-corrected chi connectivity index (χ4v) is 4.72. The molecule has 0 saturated carbocycles. The number of hydrogen-bond donors (Lipinski definition) is 0. The van der Waals surface area contributed by atoms with Crippen molar-refractivity contribution in [2.24, 2.45) is 0 Å². The minimum Gasteiger partial charge on any atom is -0.497 e. The van der Waals surface area contributed by atoms with Crippen LogP contribution in [-0.4, -0.2) is 40.9 Å². The number of allylic oxidation sites excluding steroid dienone is 8. The second-order valence-electron chi connectivity index (χ2n) is 10.8. The zero-order valence-corrected chi connectivity index (χ0v) is 30.8. The summed E-state index contributed by atoms with van der Waals surface area (Å²) in [6.07, 6.45) is 15.1. The molecule has 0 atom stereocenters. The summed E-state index contributed by atoms with van der Waals surface area (Å²) < 4.78 is 10.5. The number of nitrogens with zero attached hydrogens (tertiary/aromatic N) is 2. The van der Waals surface area contributed by atoms with Crippen molar-refractivity contribution >= 4 is 23.9 Å². The molecule has 0 bridgehead atoms. The van der Waals surface area contributed by atoms with Crippen LogP contribution in [0.4, 0.5) is 11.4 Å². The number of anilines is 2. The molecule has 0 saturated heterocycles. The third-order valence-corrected chi connectivity index (χ3v) is 7.61. The average molecular weight is 673 g/mol. The maximum Gasteiger partial charge on any atom is 0.166 e. The summed E-state index contributed by atoms with van der Waals surface area (Å²) in [6.45, 7) is 8.12. The number of likely N-dealkylation sites (N-methyl/N-ethyl adjacent to an activating group) is 2. The van der Waals surface area contributed by atoms with Gasteiger partial charge in [-0.1, -0.05) is 101 Å². The highest BCUT2D eigenvalue weighted by molar-refractivity contribution is 5.82. The molecule has 262 valence electrons. The fraction of sp³-hybridized carbons (Fsp3) is 0.227. The third kappa shape index (κ3) is 12.4. The molecule has 0 unspecified atom stereocenters. The van der Waals surface area contributed by atoms with E-state index in [0.717, 1.165) is 70.5 Å². The predicted molar refractivity (Wildman–Crippen MR) is 212 cm³/mol. The molecule has 0 aromatic heterocycles. The Labute approximate surface area is 299 Å². The first-order chi connectivity index (χ1) is 24.4. The lowest BCUT2D eigenvalue weighted by atomic mass is 10.0. The first-order valence-electron chi connectivity index (χ1n) is 17.0. The Hall–Kier alpha value is -5.62. The number of carbonyl (C=O) groups excluding carboxylic acids is 2.